The van der Waals surface area contributed by atoms with Crippen LogP contribution < -0.4 is 5.73 Å². The smallest absolute Gasteiger partial charge is 0.139 e. The van der Waals surface area contributed by atoms with E-state index in [0.717, 1.165) is 25.2 Å². The van der Waals surface area contributed by atoms with Crippen molar-refractivity contribution in [3.8, 4) is 0 Å². The number of hydrogen-bond donors (Lipinski definition) is 1. The van der Waals surface area contributed by atoms with Crippen LogP contribution in [0.4, 0.5) is 4.39 Å². The van der Waals surface area contributed by atoms with Crippen molar-refractivity contribution in [1.29, 1.82) is 0 Å². The normalized spacial score (nSPS) is 29.0. The van der Waals surface area contributed by atoms with Crippen LogP contribution in [0.3, 0.4) is 0 Å². The van der Waals surface area contributed by atoms with Gasteiger partial charge in [0.15, 0.2) is 0 Å². The van der Waals surface area contributed by atoms with E-state index in [1.54, 1.807) is 5.38 Å². The summed E-state index contributed by atoms with van der Waals surface area (Å²) in [6, 6.07) is 1.57. The molecule has 2 N–H and O–H groups in total. The fraction of sp³-hybridized carbons (Fsp3) is 0.533. The van der Waals surface area contributed by atoms with Crippen LogP contribution in [0, 0.1) is 5.82 Å². The lowest BCUT2D eigenvalue weighted by Gasteiger charge is -2.38. The van der Waals surface area contributed by atoms with Gasteiger partial charge in [-0.05, 0) is 17.9 Å². The number of nitrogens with two attached hydrogens (primary N) is 1. The van der Waals surface area contributed by atoms with Gasteiger partial charge in [0.2, 0.25) is 0 Å². The van der Waals surface area contributed by atoms with Gasteiger partial charge < -0.3 is 10.5 Å². The van der Waals surface area contributed by atoms with E-state index in [1.807, 2.05) is 11.7 Å². The van der Waals surface area contributed by atoms with E-state index < -0.39 is 0 Å². The molecule has 0 radical (unpaired) electrons. The van der Waals surface area contributed by atoms with Crippen molar-refractivity contribution in [3.63, 3.8) is 0 Å². The summed E-state index contributed by atoms with van der Waals surface area (Å²) in [5.74, 6) is -0.206. The predicted molar refractivity (Wildman–Crippen MR) is 81.8 cm³/mol. The molecule has 4 heterocycles. The zero-order valence-corrected chi connectivity index (χ0v) is 13.2. The number of fused-ring (bicyclic) bond motifs is 1. The van der Waals surface area contributed by atoms with Crippen molar-refractivity contribution in [1.82, 2.24) is 14.7 Å². The van der Waals surface area contributed by atoms with Crippen molar-refractivity contribution in [3.05, 3.63) is 39.6 Å². The van der Waals surface area contributed by atoms with Crippen molar-refractivity contribution in [2.75, 3.05) is 6.61 Å². The minimum atomic E-state index is -0.318. The lowest BCUT2D eigenvalue weighted by atomic mass is 9.97. The molecule has 0 amide bonds. The van der Waals surface area contributed by atoms with Gasteiger partial charge in [0.1, 0.15) is 11.9 Å². The zero-order chi connectivity index (χ0) is 15.3. The molecule has 22 heavy (non-hydrogen) atoms. The molecule has 0 spiro atoms. The van der Waals surface area contributed by atoms with Crippen molar-refractivity contribution < 1.29 is 9.13 Å². The number of rotatable bonds is 2. The van der Waals surface area contributed by atoms with Gasteiger partial charge in [-0.1, -0.05) is 0 Å². The quantitative estimate of drug-likeness (QED) is 0.916. The second-order valence-corrected chi connectivity index (χ2v) is 7.07. The first-order chi connectivity index (χ1) is 10.6. The fourth-order valence-electron chi connectivity index (χ4n) is 3.45. The summed E-state index contributed by atoms with van der Waals surface area (Å²) in [6.45, 7) is 2.32. The van der Waals surface area contributed by atoms with E-state index in [-0.39, 0.29) is 24.0 Å². The number of ether oxygens (including phenoxy) is 1. The van der Waals surface area contributed by atoms with Crippen molar-refractivity contribution in [2.45, 2.75) is 37.7 Å². The summed E-state index contributed by atoms with van der Waals surface area (Å²) >= 11 is 1.38. The molecular formula is C15H19FN4OS. The molecule has 2 aromatic rings. The molecule has 4 rings (SSSR count). The third kappa shape index (κ3) is 2.38. The highest BCUT2D eigenvalue weighted by atomic mass is 32.1. The first kappa shape index (κ1) is 14.3. The number of thiophene rings is 1. The Hall–Kier alpha value is -1.28. The number of halogens is 1. The minimum absolute atomic E-state index is 0.175. The van der Waals surface area contributed by atoms with E-state index in [4.69, 9.17) is 10.5 Å². The summed E-state index contributed by atoms with van der Waals surface area (Å²) < 4.78 is 21.5. The molecule has 1 fully saturated rings. The third-order valence-corrected chi connectivity index (χ3v) is 5.49. The lowest BCUT2D eigenvalue weighted by Crippen LogP contribution is -2.47. The largest absolute Gasteiger partial charge is 0.369 e. The summed E-state index contributed by atoms with van der Waals surface area (Å²) in [7, 11) is 1.95. The van der Waals surface area contributed by atoms with Crippen LogP contribution in [0.1, 0.15) is 28.7 Å². The average Bonchev–Trinajstić information content (AvgIpc) is 3.13. The lowest BCUT2D eigenvalue weighted by molar-refractivity contribution is -0.0515. The van der Waals surface area contributed by atoms with Gasteiger partial charge in [0, 0.05) is 44.0 Å². The van der Waals surface area contributed by atoms with Crippen LogP contribution in [0.2, 0.25) is 0 Å². The molecule has 3 atom stereocenters. The van der Waals surface area contributed by atoms with Gasteiger partial charge in [-0.2, -0.15) is 5.10 Å². The van der Waals surface area contributed by atoms with E-state index in [9.17, 15) is 4.39 Å². The molecule has 0 aromatic carbocycles. The maximum Gasteiger partial charge on any atom is 0.139 e. The molecule has 0 aliphatic carbocycles. The van der Waals surface area contributed by atoms with E-state index in [1.165, 1.54) is 23.0 Å². The zero-order valence-electron chi connectivity index (χ0n) is 12.4. The Morgan fingerprint density at radius 3 is 3.00 bits per heavy atom. The first-order valence-electron chi connectivity index (χ1n) is 7.47. The molecule has 5 nitrogen and oxygen atoms in total. The molecule has 2 aliphatic rings. The second kappa shape index (κ2) is 5.42. The monoisotopic (exact) mass is 322 g/mol. The maximum absolute atomic E-state index is 13.7. The van der Waals surface area contributed by atoms with Crippen LogP contribution in [-0.2, 0) is 24.9 Å². The molecule has 1 saturated heterocycles. The molecule has 0 unspecified atom stereocenters. The Morgan fingerprint density at radius 2 is 2.32 bits per heavy atom. The number of aryl methyl sites for hydroxylation is 1. The van der Waals surface area contributed by atoms with Gasteiger partial charge in [0.05, 0.1) is 17.2 Å². The number of hydrogen-bond acceptors (Lipinski definition) is 5. The fourth-order valence-corrected chi connectivity index (χ4v) is 4.34. The van der Waals surface area contributed by atoms with E-state index in [0.29, 0.717) is 11.5 Å². The van der Waals surface area contributed by atoms with Crippen LogP contribution in [-0.4, -0.2) is 33.4 Å². The van der Waals surface area contributed by atoms with Crippen molar-refractivity contribution >= 4 is 11.3 Å². The van der Waals surface area contributed by atoms with Gasteiger partial charge in [-0.25, -0.2) is 4.39 Å². The Bertz CT molecular complexity index is 661. The average molecular weight is 322 g/mol. The van der Waals surface area contributed by atoms with E-state index in [2.05, 4.69) is 16.2 Å². The Labute approximate surface area is 132 Å². The molecule has 118 valence electrons. The van der Waals surface area contributed by atoms with Gasteiger partial charge in [-0.3, -0.25) is 9.58 Å². The number of nitrogens with zero attached hydrogens (tertiary/aromatic N) is 3. The minimum Gasteiger partial charge on any atom is -0.369 e. The summed E-state index contributed by atoms with van der Waals surface area (Å²) in [5, 5.41) is 6.22. The Balaban J connectivity index is 1.43. The van der Waals surface area contributed by atoms with E-state index >= 15 is 0 Å². The van der Waals surface area contributed by atoms with Gasteiger partial charge in [-0.15, -0.1) is 11.3 Å². The molecule has 0 bridgehead atoms. The molecule has 2 aromatic heterocycles. The third-order valence-electron chi connectivity index (χ3n) is 4.54. The van der Waals surface area contributed by atoms with Crippen LogP contribution in [0.5, 0.6) is 0 Å². The SMILES string of the molecule is Cn1cc2c(n1)CN([C@H]1CO[C@H](c3sccc3F)[C@@H](N)C1)C2. The van der Waals surface area contributed by atoms with Gasteiger partial charge in [0.25, 0.3) is 0 Å². The Morgan fingerprint density at radius 1 is 1.45 bits per heavy atom. The highest BCUT2D eigenvalue weighted by Crippen LogP contribution is 2.35. The number of aromatic nitrogens is 2. The first-order valence-corrected chi connectivity index (χ1v) is 8.35. The van der Waals surface area contributed by atoms with Crippen molar-refractivity contribution in [2.24, 2.45) is 12.8 Å². The van der Waals surface area contributed by atoms with Gasteiger partial charge >= 0.3 is 0 Å². The topological polar surface area (TPSA) is 56.3 Å². The standard InChI is InChI=1S/C15H19FN4OS/c1-19-5-9-6-20(7-13(9)18-19)10-4-12(17)14(21-8-10)15-11(16)2-3-22-15/h2-3,5,10,12,14H,4,6-8,17H2,1H3/t10-,12+,14+/m1/s1. The summed E-state index contributed by atoms with van der Waals surface area (Å²) in [6.07, 6.45) is 2.57. The van der Waals surface area contributed by atoms with Crippen LogP contribution in [0.25, 0.3) is 0 Å². The molecule has 7 heteroatoms. The second-order valence-electron chi connectivity index (χ2n) is 6.12. The van der Waals surface area contributed by atoms with Crippen LogP contribution in [0.15, 0.2) is 17.6 Å². The molecule has 2 aliphatic heterocycles. The van der Waals surface area contributed by atoms with Crippen LogP contribution >= 0.6 is 11.3 Å². The highest BCUT2D eigenvalue weighted by Gasteiger charge is 2.37. The molecular weight excluding hydrogens is 303 g/mol. The highest BCUT2D eigenvalue weighted by molar-refractivity contribution is 7.10. The molecule has 0 saturated carbocycles. The Kier molecular flexibility index (Phi) is 3.53. The summed E-state index contributed by atoms with van der Waals surface area (Å²) in [4.78, 5) is 2.98. The summed E-state index contributed by atoms with van der Waals surface area (Å²) in [5.41, 5.74) is 8.69. The predicted octanol–water partition coefficient (Wildman–Crippen LogP) is 1.79. The maximum atomic E-state index is 13.7.